The van der Waals surface area contributed by atoms with Gasteiger partial charge in [0.05, 0.1) is 16.6 Å². The van der Waals surface area contributed by atoms with E-state index in [1.54, 1.807) is 0 Å². The fraction of sp³-hybridized carbons (Fsp3) is 0.265. The van der Waals surface area contributed by atoms with Crippen LogP contribution >= 0.6 is 0 Å². The van der Waals surface area contributed by atoms with Crippen LogP contribution in [0.2, 0.25) is 0 Å². The SMILES string of the molecule is Cn1c(-c2ccccc2)cc2cc3c(cc21)-n1c2cc4c(cc2c2c5c(c6c(c21)B3N(c1ccc(C(C)(C)C)cc1)c1cc2c(cc1-6)-c1ccccc1C2(C)C)CCc1ccccc1-5)C(C)(C)CCC4(C)C. The first-order valence-corrected chi connectivity index (χ1v) is 26.7. The van der Waals surface area contributed by atoms with Gasteiger partial charge < -0.3 is 13.9 Å². The van der Waals surface area contributed by atoms with E-state index < -0.39 is 0 Å². The molecule has 0 saturated carbocycles. The van der Waals surface area contributed by atoms with Crippen molar-refractivity contribution >= 4 is 61.9 Å². The standard InChI is InChI=1S/C68H62BN3/c1-65(2,3)42-25-27-43(28-26-42)72-58-36-51-47(45-22-16-17-23-50(45)68(51,8)9)34-48(58)61-46-29-24-39-18-14-15-21-44(39)60(46)62-49-35-52-53(67(6,7)31-30-66(52,4)5)37-57(49)71-59-38-56-41(32-54(59)69(72)63(61)64(62)71)33-55(70(56)10)40-19-12-11-13-20-40/h11-23,25-28,32-38H,24,29-31H2,1-10H3. The summed E-state index contributed by atoms with van der Waals surface area (Å²) in [5, 5.41) is 4.10. The van der Waals surface area contributed by atoms with E-state index in [0.717, 1.165) is 12.8 Å². The summed E-state index contributed by atoms with van der Waals surface area (Å²) in [5.74, 6) is 0. The van der Waals surface area contributed by atoms with Gasteiger partial charge in [0.25, 0.3) is 0 Å². The van der Waals surface area contributed by atoms with Crippen LogP contribution in [0.3, 0.4) is 0 Å². The van der Waals surface area contributed by atoms with Gasteiger partial charge in [-0.2, -0.15) is 0 Å². The van der Waals surface area contributed by atoms with Crippen LogP contribution in [0.5, 0.6) is 0 Å². The van der Waals surface area contributed by atoms with Crippen molar-refractivity contribution < 1.29 is 0 Å². The number of aryl methyl sites for hydroxylation is 2. The number of benzene rings is 8. The fourth-order valence-electron chi connectivity index (χ4n) is 14.8. The fourth-order valence-corrected chi connectivity index (χ4v) is 14.8. The molecule has 4 heterocycles. The molecule has 3 aliphatic carbocycles. The van der Waals surface area contributed by atoms with E-state index in [4.69, 9.17) is 0 Å². The topological polar surface area (TPSA) is 13.1 Å². The Morgan fingerprint density at radius 2 is 1.25 bits per heavy atom. The number of fused-ring (bicyclic) bond motifs is 18. The number of nitrogens with zero attached hydrogens (tertiary/aromatic N) is 3. The molecule has 5 aliphatic rings. The van der Waals surface area contributed by atoms with Crippen molar-refractivity contribution in [3.63, 3.8) is 0 Å². The van der Waals surface area contributed by atoms with Gasteiger partial charge in [0.2, 0.25) is 0 Å². The van der Waals surface area contributed by atoms with E-state index in [1.165, 1.54) is 157 Å². The highest BCUT2D eigenvalue weighted by Gasteiger charge is 2.49. The van der Waals surface area contributed by atoms with Crippen molar-refractivity contribution in [2.45, 2.75) is 110 Å². The van der Waals surface area contributed by atoms with Crippen molar-refractivity contribution in [1.82, 2.24) is 9.13 Å². The van der Waals surface area contributed by atoms with Crippen LogP contribution in [0.25, 0.3) is 83.0 Å². The zero-order valence-electron chi connectivity index (χ0n) is 43.6. The number of aromatic nitrogens is 2. The Kier molecular flexibility index (Phi) is 8.24. The molecule has 0 bridgehead atoms. The second-order valence-corrected chi connectivity index (χ2v) is 25.1. The average molecular weight is 932 g/mol. The highest BCUT2D eigenvalue weighted by Crippen LogP contribution is 2.58. The van der Waals surface area contributed by atoms with E-state index in [9.17, 15) is 0 Å². The van der Waals surface area contributed by atoms with Crippen LogP contribution < -0.4 is 15.7 Å². The lowest BCUT2D eigenvalue weighted by molar-refractivity contribution is 0.332. The molecule has 352 valence electrons. The Labute approximate surface area is 425 Å². The zero-order chi connectivity index (χ0) is 49.1. The van der Waals surface area contributed by atoms with Gasteiger partial charge in [-0.05, 0) is 179 Å². The van der Waals surface area contributed by atoms with Crippen LogP contribution in [0.1, 0.15) is 114 Å². The largest absolute Gasteiger partial charge is 0.376 e. The van der Waals surface area contributed by atoms with Gasteiger partial charge in [-0.25, -0.2) is 0 Å². The van der Waals surface area contributed by atoms with Gasteiger partial charge in [0, 0.05) is 51.6 Å². The first kappa shape index (κ1) is 42.6. The highest BCUT2D eigenvalue weighted by molar-refractivity contribution is 6.94. The smallest absolute Gasteiger partial charge is 0.333 e. The van der Waals surface area contributed by atoms with E-state index >= 15 is 0 Å². The second-order valence-electron chi connectivity index (χ2n) is 25.1. The summed E-state index contributed by atoms with van der Waals surface area (Å²) >= 11 is 0. The number of rotatable bonds is 2. The lowest BCUT2D eigenvalue weighted by Gasteiger charge is -2.44. The summed E-state index contributed by atoms with van der Waals surface area (Å²) in [7, 11) is 2.27. The van der Waals surface area contributed by atoms with Gasteiger partial charge in [0.1, 0.15) is 0 Å². The van der Waals surface area contributed by atoms with Gasteiger partial charge >= 0.3 is 6.85 Å². The van der Waals surface area contributed by atoms with E-state index in [1.807, 2.05) is 0 Å². The third kappa shape index (κ3) is 5.43. The molecule has 72 heavy (non-hydrogen) atoms. The first-order valence-electron chi connectivity index (χ1n) is 26.7. The molecule has 0 atom stereocenters. The molecule has 8 aromatic carbocycles. The average Bonchev–Trinajstić information content (AvgIpc) is 3.97. The molecule has 15 rings (SSSR count). The molecule has 3 nitrogen and oxygen atoms in total. The Balaban J connectivity index is 1.17. The maximum Gasteiger partial charge on any atom is 0.333 e. The first-order chi connectivity index (χ1) is 34.5. The number of anilines is 2. The molecular weight excluding hydrogens is 870 g/mol. The Hall–Kier alpha value is -7.04. The van der Waals surface area contributed by atoms with Crippen molar-refractivity contribution in [2.75, 3.05) is 4.81 Å². The van der Waals surface area contributed by atoms with Gasteiger partial charge in [0.15, 0.2) is 0 Å². The predicted molar refractivity (Wildman–Crippen MR) is 306 cm³/mol. The minimum Gasteiger partial charge on any atom is -0.376 e. The normalized spacial score (nSPS) is 17.1. The Morgan fingerprint density at radius 3 is 2.00 bits per heavy atom. The lowest BCUT2D eigenvalue weighted by atomic mass is 9.43. The molecule has 2 aromatic heterocycles. The minimum atomic E-state index is -0.160. The summed E-state index contributed by atoms with van der Waals surface area (Å²) < 4.78 is 5.21. The van der Waals surface area contributed by atoms with Crippen molar-refractivity contribution in [3.8, 4) is 50.3 Å². The minimum absolute atomic E-state index is 0.0269. The van der Waals surface area contributed by atoms with Gasteiger partial charge in [-0.1, -0.05) is 159 Å². The van der Waals surface area contributed by atoms with Crippen LogP contribution in [0.4, 0.5) is 11.4 Å². The maximum atomic E-state index is 2.79. The molecule has 0 radical (unpaired) electrons. The van der Waals surface area contributed by atoms with Crippen LogP contribution in [0.15, 0.2) is 146 Å². The van der Waals surface area contributed by atoms with Crippen LogP contribution in [-0.4, -0.2) is 16.0 Å². The molecule has 2 aliphatic heterocycles. The maximum absolute atomic E-state index is 2.79. The monoisotopic (exact) mass is 932 g/mol. The summed E-state index contributed by atoms with van der Waals surface area (Å²) in [6.45, 7) is 21.8. The summed E-state index contributed by atoms with van der Waals surface area (Å²) in [5.41, 5.74) is 31.7. The molecule has 0 amide bonds. The van der Waals surface area contributed by atoms with Crippen LogP contribution in [-0.2, 0) is 41.5 Å². The molecule has 0 spiro atoms. The lowest BCUT2D eigenvalue weighted by Crippen LogP contribution is -2.61. The molecule has 10 aromatic rings. The van der Waals surface area contributed by atoms with Crippen molar-refractivity contribution in [1.29, 1.82) is 0 Å². The van der Waals surface area contributed by atoms with E-state index in [2.05, 4.69) is 229 Å². The third-order valence-corrected chi connectivity index (χ3v) is 18.8. The molecule has 0 N–H and O–H groups in total. The van der Waals surface area contributed by atoms with Crippen LogP contribution in [0, 0.1) is 0 Å². The Morgan fingerprint density at radius 1 is 0.556 bits per heavy atom. The number of hydrogen-bond acceptors (Lipinski definition) is 1. The molecule has 4 heteroatoms. The third-order valence-electron chi connectivity index (χ3n) is 18.8. The predicted octanol–water partition coefficient (Wildman–Crippen LogP) is 15.9. The summed E-state index contributed by atoms with van der Waals surface area (Å²) in [4.78, 5) is 2.79. The second kappa shape index (κ2) is 13.9. The number of hydrogen-bond donors (Lipinski definition) is 0. The highest BCUT2D eigenvalue weighted by atomic mass is 15.1. The summed E-state index contributed by atoms with van der Waals surface area (Å²) in [6, 6.07) is 57.5. The quantitative estimate of drug-likeness (QED) is 0.157. The molecular formula is C68H62BN3. The Bertz CT molecular complexity index is 4050. The van der Waals surface area contributed by atoms with Gasteiger partial charge in [-0.15, -0.1) is 0 Å². The molecule has 0 unspecified atom stereocenters. The molecule has 0 fully saturated rings. The van der Waals surface area contributed by atoms with E-state index in [0.29, 0.717) is 0 Å². The van der Waals surface area contributed by atoms with Crippen molar-refractivity contribution in [3.05, 3.63) is 185 Å². The summed E-state index contributed by atoms with van der Waals surface area (Å²) in [6.07, 6.45) is 4.37. The zero-order valence-corrected chi connectivity index (χ0v) is 43.6. The molecule has 0 saturated heterocycles. The van der Waals surface area contributed by atoms with Crippen molar-refractivity contribution in [2.24, 2.45) is 7.05 Å². The van der Waals surface area contributed by atoms with Gasteiger partial charge in [-0.3, -0.25) is 0 Å². The van der Waals surface area contributed by atoms with E-state index in [-0.39, 0.29) is 28.5 Å².